The lowest BCUT2D eigenvalue weighted by atomic mass is 9.44. The van der Waals surface area contributed by atoms with Crippen molar-refractivity contribution < 1.29 is 19.1 Å². The lowest BCUT2D eigenvalue weighted by Crippen LogP contribution is -2.58. The van der Waals surface area contributed by atoms with E-state index in [1.165, 1.54) is 13.3 Å². The summed E-state index contributed by atoms with van der Waals surface area (Å²) in [5.41, 5.74) is 1.25. The van der Waals surface area contributed by atoms with Crippen molar-refractivity contribution in [2.75, 3.05) is 0 Å². The lowest BCUT2D eigenvalue weighted by molar-refractivity contribution is -0.156. The molecule has 0 bridgehead atoms. The van der Waals surface area contributed by atoms with E-state index in [0.717, 1.165) is 44.1 Å². The number of hydrogen-bond acceptors (Lipinski definition) is 4. The summed E-state index contributed by atoms with van der Waals surface area (Å²) in [5.74, 6) is 1.98. The summed E-state index contributed by atoms with van der Waals surface area (Å²) in [5, 5.41) is 0. The van der Waals surface area contributed by atoms with Crippen LogP contribution < -0.4 is 0 Å². The van der Waals surface area contributed by atoms with Gasteiger partial charge in [-0.15, -0.1) is 0 Å². The molecule has 0 aromatic rings. The van der Waals surface area contributed by atoms with Crippen LogP contribution in [0.1, 0.15) is 72.6 Å². The number of rotatable bonds is 2. The molecule has 0 radical (unpaired) electrons. The summed E-state index contributed by atoms with van der Waals surface area (Å²) >= 11 is 0. The summed E-state index contributed by atoms with van der Waals surface area (Å²) in [7, 11) is 0. The van der Waals surface area contributed by atoms with Gasteiger partial charge in [-0.05, 0) is 74.2 Å². The van der Waals surface area contributed by atoms with Crippen LogP contribution >= 0.6 is 0 Å². The van der Waals surface area contributed by atoms with Gasteiger partial charge in [0.05, 0.1) is 6.10 Å². The summed E-state index contributed by atoms with van der Waals surface area (Å²) in [4.78, 5) is 23.7. The van der Waals surface area contributed by atoms with E-state index >= 15 is 0 Å². The second-order valence-corrected chi connectivity index (χ2v) is 10.4. The highest BCUT2D eigenvalue weighted by molar-refractivity contribution is 5.95. The second kappa shape index (κ2) is 5.46. The van der Waals surface area contributed by atoms with Gasteiger partial charge in [-0.2, -0.15) is 0 Å². The van der Waals surface area contributed by atoms with Crippen molar-refractivity contribution in [1.29, 1.82) is 0 Å². The van der Waals surface area contributed by atoms with E-state index in [2.05, 4.69) is 19.9 Å². The van der Waals surface area contributed by atoms with Crippen molar-refractivity contribution in [1.82, 2.24) is 0 Å². The maximum atomic E-state index is 12.2. The molecule has 0 aromatic carbocycles. The number of epoxide rings is 1. The minimum atomic E-state index is -0.173. The van der Waals surface area contributed by atoms with Crippen LogP contribution in [0.4, 0.5) is 0 Å². The van der Waals surface area contributed by atoms with Gasteiger partial charge in [0.25, 0.3) is 0 Å². The molecule has 3 saturated carbocycles. The topological polar surface area (TPSA) is 55.9 Å². The van der Waals surface area contributed by atoms with Gasteiger partial charge in [0.2, 0.25) is 0 Å². The molecule has 1 aliphatic heterocycles. The SMILES string of the molecule is CC(=O)OC1CC[C@]2(C)C3CC[C@]4(C)C(C(C)=O)=CCC4C3C[C@@H]3O[C@@]32C1. The molecule has 4 unspecified atom stereocenters. The fourth-order valence-corrected chi connectivity index (χ4v) is 8.09. The van der Waals surface area contributed by atoms with Crippen molar-refractivity contribution in [3.05, 3.63) is 11.6 Å². The van der Waals surface area contributed by atoms with Crippen molar-refractivity contribution in [3.63, 3.8) is 0 Å². The van der Waals surface area contributed by atoms with Gasteiger partial charge in [-0.3, -0.25) is 9.59 Å². The molecule has 27 heavy (non-hydrogen) atoms. The third-order valence-corrected chi connectivity index (χ3v) is 9.33. The third-order valence-electron chi connectivity index (χ3n) is 9.33. The van der Waals surface area contributed by atoms with Gasteiger partial charge in [0, 0.05) is 18.8 Å². The smallest absolute Gasteiger partial charge is 0.302 e. The van der Waals surface area contributed by atoms with Gasteiger partial charge in [0.15, 0.2) is 5.78 Å². The fourth-order valence-electron chi connectivity index (χ4n) is 8.09. The van der Waals surface area contributed by atoms with Crippen LogP contribution in [0, 0.1) is 28.6 Å². The Morgan fingerprint density at radius 2 is 1.93 bits per heavy atom. The summed E-state index contributed by atoms with van der Waals surface area (Å²) in [6.07, 6.45) is 9.96. The average Bonchev–Trinajstić information content (AvgIpc) is 3.15. The minimum Gasteiger partial charge on any atom is -0.462 e. The van der Waals surface area contributed by atoms with E-state index in [-0.39, 0.29) is 34.3 Å². The van der Waals surface area contributed by atoms with E-state index in [0.29, 0.717) is 23.9 Å². The molecule has 0 aromatic heterocycles. The van der Waals surface area contributed by atoms with Crippen molar-refractivity contribution in [2.45, 2.75) is 90.4 Å². The summed E-state index contributed by atoms with van der Waals surface area (Å²) in [6, 6.07) is 0. The molecule has 148 valence electrons. The van der Waals surface area contributed by atoms with E-state index in [4.69, 9.17) is 9.47 Å². The Balaban J connectivity index is 1.43. The summed E-state index contributed by atoms with van der Waals surface area (Å²) < 4.78 is 12.0. The molecule has 0 N–H and O–H groups in total. The molecule has 4 aliphatic carbocycles. The summed E-state index contributed by atoms with van der Waals surface area (Å²) in [6.45, 7) is 8.03. The Morgan fingerprint density at radius 1 is 1.15 bits per heavy atom. The van der Waals surface area contributed by atoms with Crippen LogP contribution in [0.15, 0.2) is 11.6 Å². The molecule has 1 heterocycles. The number of esters is 1. The van der Waals surface area contributed by atoms with Crippen molar-refractivity contribution >= 4 is 11.8 Å². The highest BCUT2D eigenvalue weighted by atomic mass is 16.6. The molecule has 1 saturated heterocycles. The zero-order valence-electron chi connectivity index (χ0n) is 17.0. The van der Waals surface area contributed by atoms with Crippen LogP contribution in [-0.4, -0.2) is 29.6 Å². The van der Waals surface area contributed by atoms with Crippen molar-refractivity contribution in [2.24, 2.45) is 28.6 Å². The zero-order valence-corrected chi connectivity index (χ0v) is 17.0. The van der Waals surface area contributed by atoms with Gasteiger partial charge in [-0.25, -0.2) is 0 Å². The number of fused-ring (bicyclic) bond motifs is 4. The first-order valence-corrected chi connectivity index (χ1v) is 10.8. The number of ketones is 1. The highest BCUT2D eigenvalue weighted by Crippen LogP contribution is 2.73. The number of allylic oxidation sites excluding steroid dienone is 2. The van der Waals surface area contributed by atoms with Crippen molar-refractivity contribution in [3.8, 4) is 0 Å². The minimum absolute atomic E-state index is 0.0171. The first-order valence-electron chi connectivity index (χ1n) is 10.8. The van der Waals surface area contributed by atoms with Gasteiger partial charge in [-0.1, -0.05) is 19.9 Å². The Hall–Kier alpha value is -1.16. The molecule has 0 amide bonds. The molecule has 1 spiro atoms. The zero-order chi connectivity index (χ0) is 19.2. The van der Waals surface area contributed by atoms with Crippen LogP contribution in [0.5, 0.6) is 0 Å². The average molecular weight is 373 g/mol. The fraction of sp³-hybridized carbons (Fsp3) is 0.826. The Bertz CT molecular complexity index is 741. The monoisotopic (exact) mass is 372 g/mol. The molecule has 8 atom stereocenters. The van der Waals surface area contributed by atoms with Crippen LogP contribution in [0.25, 0.3) is 0 Å². The van der Waals surface area contributed by atoms with Crippen LogP contribution in [0.2, 0.25) is 0 Å². The van der Waals surface area contributed by atoms with Gasteiger partial charge >= 0.3 is 5.97 Å². The number of carbonyl (C=O) groups excluding carboxylic acids is 2. The predicted octanol–water partition coefficient (Wildman–Crippen LogP) is 4.22. The van der Waals surface area contributed by atoms with Crippen LogP contribution in [0.3, 0.4) is 0 Å². The molecule has 5 aliphatic rings. The van der Waals surface area contributed by atoms with E-state index in [1.807, 2.05) is 0 Å². The predicted molar refractivity (Wildman–Crippen MR) is 101 cm³/mol. The molecular formula is C23H32O4. The maximum Gasteiger partial charge on any atom is 0.302 e. The molecule has 4 nitrogen and oxygen atoms in total. The largest absolute Gasteiger partial charge is 0.462 e. The van der Waals surface area contributed by atoms with E-state index in [9.17, 15) is 9.59 Å². The number of Topliss-reactive ketones (excluding diaryl/α,β-unsaturated/α-hetero) is 1. The number of hydrogen-bond donors (Lipinski definition) is 0. The Morgan fingerprint density at radius 3 is 2.63 bits per heavy atom. The second-order valence-electron chi connectivity index (χ2n) is 10.4. The number of ether oxygens (including phenoxy) is 2. The standard InChI is InChI=1S/C23H32O4/c1-13(24)17-5-6-18-16-11-20-23(27-20)12-15(26-14(2)25)7-10-22(23,4)19(16)8-9-21(17,18)3/h5,15-16,18-20H,6-12H2,1-4H3/t15?,16?,18?,19?,20-,21+,22+,23-/m0/s1. The first-order chi connectivity index (χ1) is 12.7. The van der Waals surface area contributed by atoms with E-state index in [1.54, 1.807) is 6.92 Å². The van der Waals surface area contributed by atoms with Gasteiger partial charge in [0.1, 0.15) is 11.7 Å². The lowest BCUT2D eigenvalue weighted by Gasteiger charge is -2.59. The van der Waals surface area contributed by atoms with E-state index < -0.39 is 0 Å². The normalized spacial score (nSPS) is 52.6. The third kappa shape index (κ3) is 2.19. The van der Waals surface area contributed by atoms with Gasteiger partial charge < -0.3 is 9.47 Å². The number of carbonyl (C=O) groups is 2. The molecule has 4 heteroatoms. The Labute approximate surface area is 162 Å². The highest BCUT2D eigenvalue weighted by Gasteiger charge is 2.76. The molecular weight excluding hydrogens is 340 g/mol. The quantitative estimate of drug-likeness (QED) is 0.538. The van der Waals surface area contributed by atoms with Crippen LogP contribution in [-0.2, 0) is 19.1 Å². The first kappa shape index (κ1) is 17.9. The Kier molecular flexibility index (Phi) is 3.62. The molecule has 4 fully saturated rings. The molecule has 5 rings (SSSR count). The maximum absolute atomic E-state index is 12.2.